The summed E-state index contributed by atoms with van der Waals surface area (Å²) in [6.45, 7) is 5.36. The van der Waals surface area contributed by atoms with Gasteiger partial charge in [-0.05, 0) is 19.8 Å². The van der Waals surface area contributed by atoms with Crippen LogP contribution in [0.25, 0.3) is 0 Å². The first-order valence-corrected chi connectivity index (χ1v) is 5.55. The number of likely N-dealkylation sites (tertiary alicyclic amines) is 1. The minimum Gasteiger partial charge on any atom is -0.340 e. The normalized spacial score (nSPS) is 22.8. The maximum absolute atomic E-state index is 11.4. The predicted octanol–water partition coefficient (Wildman–Crippen LogP) is 2.58. The van der Waals surface area contributed by atoms with E-state index in [0.29, 0.717) is 11.9 Å². The highest BCUT2D eigenvalue weighted by atomic mass is 16.2. The van der Waals surface area contributed by atoms with Gasteiger partial charge in [0.15, 0.2) is 0 Å². The van der Waals surface area contributed by atoms with E-state index in [1.54, 1.807) is 0 Å². The Morgan fingerprint density at radius 2 is 2.15 bits per heavy atom. The van der Waals surface area contributed by atoms with E-state index < -0.39 is 0 Å². The molecule has 76 valence electrons. The second kappa shape index (κ2) is 5.25. The Hall–Kier alpha value is -0.530. The zero-order valence-electron chi connectivity index (χ0n) is 8.88. The molecule has 0 aromatic carbocycles. The number of carbonyl (C=O) groups excluding carboxylic acids is 1. The average Bonchev–Trinajstić information content (AvgIpc) is 2.42. The first-order valence-electron chi connectivity index (χ1n) is 5.55. The highest BCUT2D eigenvalue weighted by Crippen LogP contribution is 2.18. The van der Waals surface area contributed by atoms with Gasteiger partial charge in [-0.1, -0.05) is 26.2 Å². The number of unbranched alkanes of at least 4 members (excludes halogenated alkanes) is 3. The summed E-state index contributed by atoms with van der Waals surface area (Å²) in [4.78, 5) is 13.4. The van der Waals surface area contributed by atoms with Gasteiger partial charge in [0.2, 0.25) is 5.91 Å². The molecule has 1 atom stereocenters. The Morgan fingerprint density at radius 3 is 2.69 bits per heavy atom. The molecule has 1 heterocycles. The predicted molar refractivity (Wildman–Crippen MR) is 54.6 cm³/mol. The van der Waals surface area contributed by atoms with E-state index in [9.17, 15) is 4.79 Å². The molecule has 0 aromatic rings. The molecule has 1 amide bonds. The number of amides is 1. The highest BCUT2D eigenvalue weighted by molar-refractivity contribution is 5.78. The molecule has 1 aliphatic heterocycles. The molecule has 0 aliphatic carbocycles. The van der Waals surface area contributed by atoms with Gasteiger partial charge >= 0.3 is 0 Å². The number of carbonyl (C=O) groups is 1. The van der Waals surface area contributed by atoms with Gasteiger partial charge in [-0.3, -0.25) is 4.79 Å². The summed E-state index contributed by atoms with van der Waals surface area (Å²) in [5.41, 5.74) is 0. The lowest BCUT2D eigenvalue weighted by Gasteiger charge is -2.21. The van der Waals surface area contributed by atoms with E-state index in [1.807, 2.05) is 0 Å². The molecule has 1 unspecified atom stereocenters. The Morgan fingerprint density at radius 1 is 1.38 bits per heavy atom. The van der Waals surface area contributed by atoms with E-state index >= 15 is 0 Å². The van der Waals surface area contributed by atoms with Gasteiger partial charge in [0.1, 0.15) is 0 Å². The molecule has 2 nitrogen and oxygen atoms in total. The Bertz CT molecular complexity index is 167. The standard InChI is InChI=1S/C11H21NO/c1-3-4-5-6-9-12-10(2)7-8-11(12)13/h10H,3-9H2,1-2H3. The molecular weight excluding hydrogens is 162 g/mol. The van der Waals surface area contributed by atoms with Crippen LogP contribution in [0, 0.1) is 0 Å². The third-order valence-electron chi connectivity index (χ3n) is 2.88. The van der Waals surface area contributed by atoms with Crippen molar-refractivity contribution in [3.63, 3.8) is 0 Å². The van der Waals surface area contributed by atoms with Crippen molar-refractivity contribution < 1.29 is 4.79 Å². The smallest absolute Gasteiger partial charge is 0.222 e. The molecule has 1 saturated heterocycles. The van der Waals surface area contributed by atoms with Crippen molar-refractivity contribution in [2.45, 2.75) is 58.4 Å². The topological polar surface area (TPSA) is 20.3 Å². The second-order valence-corrected chi connectivity index (χ2v) is 4.04. The molecule has 0 saturated carbocycles. The fraction of sp³-hybridized carbons (Fsp3) is 0.909. The first-order chi connectivity index (χ1) is 6.25. The van der Waals surface area contributed by atoms with Gasteiger partial charge in [-0.15, -0.1) is 0 Å². The zero-order valence-corrected chi connectivity index (χ0v) is 8.88. The molecule has 1 fully saturated rings. The molecule has 0 N–H and O–H groups in total. The van der Waals surface area contributed by atoms with Crippen molar-refractivity contribution in [1.82, 2.24) is 4.90 Å². The molecule has 2 heteroatoms. The maximum atomic E-state index is 11.4. The quantitative estimate of drug-likeness (QED) is 0.600. The molecule has 0 bridgehead atoms. The summed E-state index contributed by atoms with van der Waals surface area (Å²) in [6.07, 6.45) is 6.86. The van der Waals surface area contributed by atoms with Crippen molar-refractivity contribution >= 4 is 5.91 Å². The number of nitrogens with zero attached hydrogens (tertiary/aromatic N) is 1. The first kappa shape index (κ1) is 10.6. The summed E-state index contributed by atoms with van der Waals surface area (Å²) < 4.78 is 0. The number of hydrogen-bond acceptors (Lipinski definition) is 1. The average molecular weight is 183 g/mol. The second-order valence-electron chi connectivity index (χ2n) is 4.04. The van der Waals surface area contributed by atoms with E-state index in [2.05, 4.69) is 18.7 Å². The SMILES string of the molecule is CCCCCCN1C(=O)CCC1C. The lowest BCUT2D eigenvalue weighted by molar-refractivity contribution is -0.128. The Balaban J connectivity index is 2.16. The lowest BCUT2D eigenvalue weighted by Crippen LogP contribution is -2.31. The summed E-state index contributed by atoms with van der Waals surface area (Å²) in [5, 5.41) is 0. The van der Waals surface area contributed by atoms with Crippen molar-refractivity contribution in [3.05, 3.63) is 0 Å². The van der Waals surface area contributed by atoms with Crippen LogP contribution in [0.4, 0.5) is 0 Å². The van der Waals surface area contributed by atoms with E-state index in [0.717, 1.165) is 19.4 Å². The fourth-order valence-corrected chi connectivity index (χ4v) is 1.93. The summed E-state index contributed by atoms with van der Waals surface area (Å²) in [6, 6.07) is 0.495. The highest BCUT2D eigenvalue weighted by Gasteiger charge is 2.26. The summed E-state index contributed by atoms with van der Waals surface area (Å²) in [5.74, 6) is 0.365. The van der Waals surface area contributed by atoms with Gasteiger partial charge < -0.3 is 4.90 Å². The lowest BCUT2D eigenvalue weighted by atomic mass is 10.2. The maximum Gasteiger partial charge on any atom is 0.222 e. The van der Waals surface area contributed by atoms with Crippen molar-refractivity contribution in [1.29, 1.82) is 0 Å². The third kappa shape index (κ3) is 3.02. The van der Waals surface area contributed by atoms with Gasteiger partial charge in [-0.2, -0.15) is 0 Å². The molecule has 0 aromatic heterocycles. The zero-order chi connectivity index (χ0) is 9.68. The van der Waals surface area contributed by atoms with Gasteiger partial charge in [0.25, 0.3) is 0 Å². The van der Waals surface area contributed by atoms with Crippen molar-refractivity contribution in [2.75, 3.05) is 6.54 Å². The van der Waals surface area contributed by atoms with Crippen LogP contribution in [0.3, 0.4) is 0 Å². The monoisotopic (exact) mass is 183 g/mol. The number of hydrogen-bond donors (Lipinski definition) is 0. The van der Waals surface area contributed by atoms with Gasteiger partial charge in [0, 0.05) is 19.0 Å². The number of rotatable bonds is 5. The van der Waals surface area contributed by atoms with Gasteiger partial charge in [0.05, 0.1) is 0 Å². The Kier molecular flexibility index (Phi) is 4.26. The van der Waals surface area contributed by atoms with Crippen molar-refractivity contribution in [3.8, 4) is 0 Å². The van der Waals surface area contributed by atoms with Crippen LogP contribution in [0.15, 0.2) is 0 Å². The van der Waals surface area contributed by atoms with E-state index in [4.69, 9.17) is 0 Å². The third-order valence-corrected chi connectivity index (χ3v) is 2.88. The van der Waals surface area contributed by atoms with E-state index in [-0.39, 0.29) is 0 Å². The van der Waals surface area contributed by atoms with Crippen LogP contribution in [0.1, 0.15) is 52.4 Å². The molecule has 0 radical (unpaired) electrons. The van der Waals surface area contributed by atoms with Crippen molar-refractivity contribution in [2.24, 2.45) is 0 Å². The Labute approximate surface area is 81.3 Å². The van der Waals surface area contributed by atoms with Gasteiger partial charge in [-0.25, -0.2) is 0 Å². The summed E-state index contributed by atoms with van der Waals surface area (Å²) in [7, 11) is 0. The molecular formula is C11H21NO. The van der Waals surface area contributed by atoms with Crippen LogP contribution < -0.4 is 0 Å². The van der Waals surface area contributed by atoms with Crippen LogP contribution in [-0.2, 0) is 4.79 Å². The molecule has 1 aliphatic rings. The minimum atomic E-state index is 0.365. The van der Waals surface area contributed by atoms with Crippen LogP contribution >= 0.6 is 0 Å². The molecule has 0 spiro atoms. The summed E-state index contributed by atoms with van der Waals surface area (Å²) >= 11 is 0. The minimum absolute atomic E-state index is 0.365. The van der Waals surface area contributed by atoms with Crippen LogP contribution in [-0.4, -0.2) is 23.4 Å². The fourth-order valence-electron chi connectivity index (χ4n) is 1.93. The van der Waals surface area contributed by atoms with E-state index in [1.165, 1.54) is 25.7 Å². The van der Waals surface area contributed by atoms with Crippen LogP contribution in [0.5, 0.6) is 0 Å². The molecule has 13 heavy (non-hydrogen) atoms. The molecule has 1 rings (SSSR count). The van der Waals surface area contributed by atoms with Crippen LogP contribution in [0.2, 0.25) is 0 Å². The largest absolute Gasteiger partial charge is 0.340 e.